The van der Waals surface area contributed by atoms with Crippen LogP contribution < -0.4 is 10.1 Å². The molecule has 2 aromatic rings. The second-order valence-corrected chi connectivity index (χ2v) is 6.22. The Labute approximate surface area is 153 Å². The van der Waals surface area contributed by atoms with Gasteiger partial charge in [-0.1, -0.05) is 12.1 Å². The highest BCUT2D eigenvalue weighted by atomic mass is 16.5. The average Bonchev–Trinajstić information content (AvgIpc) is 2.84. The highest BCUT2D eigenvalue weighted by molar-refractivity contribution is 5.79. The zero-order valence-electron chi connectivity index (χ0n) is 15.4. The lowest BCUT2D eigenvalue weighted by Crippen LogP contribution is -2.25. The van der Waals surface area contributed by atoms with E-state index in [0.717, 1.165) is 22.5 Å². The Bertz CT molecular complexity index is 766. The molecule has 0 radical (unpaired) electrons. The molecule has 0 aliphatic heterocycles. The monoisotopic (exact) mass is 359 g/mol. The predicted molar refractivity (Wildman–Crippen MR) is 97.0 cm³/mol. The second kappa shape index (κ2) is 9.03. The van der Waals surface area contributed by atoms with Crippen molar-refractivity contribution in [2.45, 2.75) is 39.7 Å². The van der Waals surface area contributed by atoms with Gasteiger partial charge in [-0.2, -0.15) is 5.10 Å². The maximum absolute atomic E-state index is 12.2. The summed E-state index contributed by atoms with van der Waals surface area (Å²) in [6.45, 7) is 4.67. The van der Waals surface area contributed by atoms with Crippen molar-refractivity contribution < 1.29 is 19.4 Å². The van der Waals surface area contributed by atoms with Gasteiger partial charge in [0.15, 0.2) is 0 Å². The number of benzene rings is 1. The first-order valence-corrected chi connectivity index (χ1v) is 8.56. The van der Waals surface area contributed by atoms with Crippen LogP contribution in [0, 0.1) is 13.8 Å². The fourth-order valence-corrected chi connectivity index (χ4v) is 2.61. The first-order chi connectivity index (χ1) is 12.4. The van der Waals surface area contributed by atoms with E-state index in [1.165, 1.54) is 0 Å². The van der Waals surface area contributed by atoms with Gasteiger partial charge in [0.25, 0.3) is 0 Å². The van der Waals surface area contributed by atoms with Crippen LogP contribution in [0.2, 0.25) is 0 Å². The van der Waals surface area contributed by atoms with Crippen molar-refractivity contribution in [2.24, 2.45) is 7.05 Å². The number of carbonyl (C=O) groups excluding carboxylic acids is 1. The minimum Gasteiger partial charge on any atom is -0.494 e. The normalized spacial score (nSPS) is 10.6. The van der Waals surface area contributed by atoms with Crippen molar-refractivity contribution in [1.82, 2.24) is 15.1 Å². The third-order valence-corrected chi connectivity index (χ3v) is 4.21. The summed E-state index contributed by atoms with van der Waals surface area (Å²) in [5, 5.41) is 15.8. The van der Waals surface area contributed by atoms with Crippen LogP contribution in [0.5, 0.6) is 5.75 Å². The first kappa shape index (κ1) is 19.5. The molecule has 0 aliphatic rings. The van der Waals surface area contributed by atoms with Crippen molar-refractivity contribution in [3.63, 3.8) is 0 Å². The molecule has 0 saturated carbocycles. The molecule has 0 bridgehead atoms. The summed E-state index contributed by atoms with van der Waals surface area (Å²) in [7, 11) is 1.87. The summed E-state index contributed by atoms with van der Waals surface area (Å²) >= 11 is 0. The number of carboxylic acids is 1. The van der Waals surface area contributed by atoms with Crippen LogP contribution in [-0.2, 0) is 29.6 Å². The molecule has 2 rings (SSSR count). The Kier molecular flexibility index (Phi) is 6.77. The highest BCUT2D eigenvalue weighted by Gasteiger charge is 2.13. The van der Waals surface area contributed by atoms with E-state index in [-0.39, 0.29) is 12.3 Å². The quantitative estimate of drug-likeness (QED) is 0.669. The van der Waals surface area contributed by atoms with E-state index in [4.69, 9.17) is 9.84 Å². The van der Waals surface area contributed by atoms with Crippen LogP contribution in [0.25, 0.3) is 0 Å². The van der Waals surface area contributed by atoms with E-state index in [2.05, 4.69) is 10.4 Å². The van der Waals surface area contributed by atoms with E-state index in [9.17, 15) is 9.59 Å². The minimum atomic E-state index is -0.823. The summed E-state index contributed by atoms with van der Waals surface area (Å²) in [6.07, 6.45) is 0.886. The van der Waals surface area contributed by atoms with Crippen molar-refractivity contribution in [2.75, 3.05) is 6.61 Å². The lowest BCUT2D eigenvalue weighted by molar-refractivity contribution is -0.137. The summed E-state index contributed by atoms with van der Waals surface area (Å²) in [5.41, 5.74) is 3.82. The molecule has 0 aliphatic carbocycles. The number of aliphatic carboxylic acids is 1. The van der Waals surface area contributed by atoms with Gasteiger partial charge in [-0.15, -0.1) is 0 Å². The van der Waals surface area contributed by atoms with Crippen LogP contribution in [0.1, 0.15) is 35.4 Å². The number of rotatable bonds is 9. The van der Waals surface area contributed by atoms with Crippen molar-refractivity contribution in [1.29, 1.82) is 0 Å². The topological polar surface area (TPSA) is 93.5 Å². The maximum Gasteiger partial charge on any atom is 0.303 e. The van der Waals surface area contributed by atoms with Crippen molar-refractivity contribution >= 4 is 11.9 Å². The Hall–Kier alpha value is -2.83. The van der Waals surface area contributed by atoms with E-state index in [0.29, 0.717) is 31.7 Å². The van der Waals surface area contributed by atoms with Gasteiger partial charge in [0.1, 0.15) is 5.75 Å². The van der Waals surface area contributed by atoms with Gasteiger partial charge < -0.3 is 15.2 Å². The Morgan fingerprint density at radius 1 is 1.23 bits per heavy atom. The number of hydrogen-bond acceptors (Lipinski definition) is 4. The smallest absolute Gasteiger partial charge is 0.303 e. The van der Waals surface area contributed by atoms with Crippen molar-refractivity contribution in [3.8, 4) is 5.75 Å². The van der Waals surface area contributed by atoms with E-state index >= 15 is 0 Å². The van der Waals surface area contributed by atoms with Gasteiger partial charge in [-0.3, -0.25) is 14.3 Å². The molecule has 0 saturated heterocycles. The van der Waals surface area contributed by atoms with Crippen LogP contribution in [-0.4, -0.2) is 33.4 Å². The molecule has 7 heteroatoms. The molecule has 7 nitrogen and oxygen atoms in total. The molecule has 2 N–H and O–H groups in total. The number of nitrogens with one attached hydrogen (secondary N) is 1. The average molecular weight is 359 g/mol. The number of carbonyl (C=O) groups is 2. The number of nitrogens with zero attached hydrogens (tertiary/aromatic N) is 2. The minimum absolute atomic E-state index is 0.0433. The highest BCUT2D eigenvalue weighted by Crippen LogP contribution is 2.14. The summed E-state index contributed by atoms with van der Waals surface area (Å²) in [4.78, 5) is 22.6. The number of aromatic nitrogens is 2. The van der Waals surface area contributed by atoms with Gasteiger partial charge in [0.2, 0.25) is 5.91 Å². The number of hydrogen-bond donors (Lipinski definition) is 2. The third kappa shape index (κ3) is 5.61. The molecule has 26 heavy (non-hydrogen) atoms. The summed E-state index contributed by atoms with van der Waals surface area (Å²) < 4.78 is 7.27. The standard InChI is InChI=1S/C19H25N3O4/c1-13-17(14(2)22(3)21-13)11-18(23)20-12-15-6-8-16(9-7-15)26-10-4-5-19(24)25/h6-9H,4-5,10-12H2,1-3H3,(H,20,23)(H,24,25). The molecular weight excluding hydrogens is 334 g/mol. The fraction of sp³-hybridized carbons (Fsp3) is 0.421. The first-order valence-electron chi connectivity index (χ1n) is 8.56. The largest absolute Gasteiger partial charge is 0.494 e. The molecular formula is C19H25N3O4. The summed E-state index contributed by atoms with van der Waals surface area (Å²) in [5.74, 6) is -0.179. The van der Waals surface area contributed by atoms with Crippen LogP contribution in [0.3, 0.4) is 0 Å². The Morgan fingerprint density at radius 2 is 1.92 bits per heavy atom. The molecule has 1 heterocycles. The number of ether oxygens (including phenoxy) is 1. The van der Waals surface area contributed by atoms with Gasteiger partial charge in [0.05, 0.1) is 18.7 Å². The van der Waals surface area contributed by atoms with E-state index in [1.54, 1.807) is 4.68 Å². The Morgan fingerprint density at radius 3 is 2.50 bits per heavy atom. The molecule has 0 atom stereocenters. The summed E-state index contributed by atoms with van der Waals surface area (Å²) in [6, 6.07) is 7.40. The molecule has 1 aromatic heterocycles. The lowest BCUT2D eigenvalue weighted by Gasteiger charge is -2.08. The zero-order chi connectivity index (χ0) is 19.1. The number of amides is 1. The molecule has 1 amide bonds. The third-order valence-electron chi connectivity index (χ3n) is 4.21. The van der Waals surface area contributed by atoms with Gasteiger partial charge in [0, 0.05) is 31.3 Å². The van der Waals surface area contributed by atoms with Gasteiger partial charge in [-0.25, -0.2) is 0 Å². The molecule has 0 spiro atoms. The Balaban J connectivity index is 1.78. The molecule has 140 valence electrons. The second-order valence-electron chi connectivity index (χ2n) is 6.22. The van der Waals surface area contributed by atoms with Crippen LogP contribution in [0.4, 0.5) is 0 Å². The SMILES string of the molecule is Cc1nn(C)c(C)c1CC(=O)NCc1ccc(OCCCC(=O)O)cc1. The number of carboxylic acid groups (broad SMARTS) is 1. The lowest BCUT2D eigenvalue weighted by atomic mass is 10.1. The number of aryl methyl sites for hydroxylation is 2. The maximum atomic E-state index is 12.2. The van der Waals surface area contributed by atoms with E-state index < -0.39 is 5.97 Å². The zero-order valence-corrected chi connectivity index (χ0v) is 15.4. The van der Waals surface area contributed by atoms with Gasteiger partial charge >= 0.3 is 5.97 Å². The van der Waals surface area contributed by atoms with Crippen molar-refractivity contribution in [3.05, 3.63) is 46.8 Å². The van der Waals surface area contributed by atoms with Crippen LogP contribution in [0.15, 0.2) is 24.3 Å². The van der Waals surface area contributed by atoms with Crippen LogP contribution >= 0.6 is 0 Å². The fourth-order valence-electron chi connectivity index (χ4n) is 2.61. The molecule has 1 aromatic carbocycles. The predicted octanol–water partition coefficient (Wildman–Crippen LogP) is 2.14. The van der Waals surface area contributed by atoms with E-state index in [1.807, 2.05) is 45.2 Å². The molecule has 0 fully saturated rings. The molecule has 0 unspecified atom stereocenters. The van der Waals surface area contributed by atoms with Gasteiger partial charge in [-0.05, 0) is 38.0 Å².